The summed E-state index contributed by atoms with van der Waals surface area (Å²) in [7, 11) is 0. The average Bonchev–Trinajstić information content (AvgIpc) is 3.95. The molecule has 0 radical (unpaired) electrons. The number of carboxylic acid groups (broad SMARTS) is 1. The van der Waals surface area contributed by atoms with Gasteiger partial charge in [-0.15, -0.1) is 0 Å². The van der Waals surface area contributed by atoms with Crippen LogP contribution in [0.3, 0.4) is 0 Å². The van der Waals surface area contributed by atoms with Crippen LogP contribution < -0.4 is 9.80 Å². The molecule has 1 N–H and O–H groups in total. The van der Waals surface area contributed by atoms with Crippen molar-refractivity contribution >= 4 is 35.3 Å². The summed E-state index contributed by atoms with van der Waals surface area (Å²) in [5.41, 5.74) is -0.256. The second-order valence-electron chi connectivity index (χ2n) is 17.2. The van der Waals surface area contributed by atoms with Gasteiger partial charge in [-0.3, -0.25) is 19.4 Å². The number of carbonyl (C=O) groups excluding carboxylic acids is 3. The van der Waals surface area contributed by atoms with E-state index in [0.29, 0.717) is 49.2 Å². The van der Waals surface area contributed by atoms with Crippen LogP contribution in [0.1, 0.15) is 62.3 Å². The number of alkyl halides is 12. The maximum absolute atomic E-state index is 13.6. The molecule has 13 nitrogen and oxygen atoms in total. The van der Waals surface area contributed by atoms with Crippen molar-refractivity contribution < 1.29 is 86.4 Å². The van der Waals surface area contributed by atoms with Crippen molar-refractivity contribution in [2.24, 2.45) is 5.92 Å². The number of anilines is 2. The molecule has 4 unspecified atom stereocenters. The van der Waals surface area contributed by atoms with E-state index in [2.05, 4.69) is 9.47 Å². The Morgan fingerprint density at radius 2 is 1.03 bits per heavy atom. The summed E-state index contributed by atoms with van der Waals surface area (Å²) in [6, 6.07) is 6.93. The first-order valence-corrected chi connectivity index (χ1v) is 21.7. The second kappa shape index (κ2) is 21.6. The quantitative estimate of drug-likeness (QED) is 0.231. The van der Waals surface area contributed by atoms with Gasteiger partial charge < -0.3 is 34.2 Å². The Balaban J connectivity index is 0.000000254. The zero-order valence-electron chi connectivity index (χ0n) is 37.2. The van der Waals surface area contributed by atoms with E-state index in [1.54, 1.807) is 26.8 Å². The topological polar surface area (TPSA) is 126 Å². The lowest BCUT2D eigenvalue weighted by Crippen LogP contribution is -2.49. The van der Waals surface area contributed by atoms with Gasteiger partial charge in [0, 0.05) is 96.5 Å². The largest absolute Gasteiger partial charge is 0.481 e. The van der Waals surface area contributed by atoms with E-state index in [4.69, 9.17) is 0 Å². The molecular weight excluding hydrogens is 940 g/mol. The van der Waals surface area contributed by atoms with Crippen molar-refractivity contribution in [3.63, 3.8) is 0 Å². The van der Waals surface area contributed by atoms with Crippen molar-refractivity contribution in [3.8, 4) is 0 Å². The fourth-order valence-corrected chi connectivity index (χ4v) is 8.18. The number of carboxylic acids is 1. The summed E-state index contributed by atoms with van der Waals surface area (Å²) in [5, 5.41) is 9.18. The molecule has 2 aromatic rings. The molecule has 4 fully saturated rings. The van der Waals surface area contributed by atoms with Gasteiger partial charge in [0.05, 0.1) is 23.1 Å². The van der Waals surface area contributed by atoms with Crippen LogP contribution >= 0.6 is 0 Å². The molecule has 68 heavy (non-hydrogen) atoms. The molecule has 4 atom stereocenters. The lowest BCUT2D eigenvalue weighted by atomic mass is 10.1. The Hall–Kier alpha value is -5.20. The normalized spacial score (nSPS) is 21.0. The van der Waals surface area contributed by atoms with Crippen LogP contribution in [-0.2, 0) is 44.5 Å². The van der Waals surface area contributed by atoms with E-state index in [9.17, 15) is 77.0 Å². The molecule has 2 aromatic carbocycles. The molecule has 0 saturated carbocycles. The molecule has 4 saturated heterocycles. The second-order valence-corrected chi connectivity index (χ2v) is 17.2. The van der Waals surface area contributed by atoms with Crippen LogP contribution in [0.15, 0.2) is 36.4 Å². The van der Waals surface area contributed by atoms with Crippen LogP contribution in [0.5, 0.6) is 0 Å². The maximum Gasteiger partial charge on any atom is 0.425 e. The van der Waals surface area contributed by atoms with E-state index in [-0.39, 0.29) is 83.5 Å². The van der Waals surface area contributed by atoms with Gasteiger partial charge in [0.2, 0.25) is 0 Å². The first-order valence-electron chi connectivity index (χ1n) is 21.7. The van der Waals surface area contributed by atoms with Gasteiger partial charge >= 0.3 is 42.9 Å². The molecule has 4 aliphatic rings. The van der Waals surface area contributed by atoms with Crippen LogP contribution in [0.2, 0.25) is 0 Å². The van der Waals surface area contributed by atoms with E-state index in [0.717, 1.165) is 47.9 Å². The highest BCUT2D eigenvalue weighted by atomic mass is 19.4. The highest BCUT2D eigenvalue weighted by molar-refractivity contribution is 5.85. The predicted molar refractivity (Wildman–Crippen MR) is 220 cm³/mol. The molecule has 0 bridgehead atoms. The summed E-state index contributed by atoms with van der Waals surface area (Å²) in [5.74, 6) is -1.74. The van der Waals surface area contributed by atoms with Crippen LogP contribution in [0, 0.1) is 5.92 Å². The molecule has 25 heteroatoms. The Labute approximate surface area is 383 Å². The number of carbonyl (C=O) groups is 4. The molecule has 0 aromatic heterocycles. The van der Waals surface area contributed by atoms with Crippen LogP contribution in [0.25, 0.3) is 0 Å². The molecule has 6 rings (SSSR count). The Bertz CT molecular complexity index is 2090. The van der Waals surface area contributed by atoms with E-state index >= 15 is 0 Å². The highest BCUT2D eigenvalue weighted by Crippen LogP contribution is 2.37. The third kappa shape index (κ3) is 14.7. The number of halogens is 12. The van der Waals surface area contributed by atoms with Crippen LogP contribution in [-0.4, -0.2) is 151 Å². The van der Waals surface area contributed by atoms with Crippen molar-refractivity contribution in [1.82, 2.24) is 19.6 Å². The van der Waals surface area contributed by atoms with Gasteiger partial charge in [-0.2, -0.15) is 52.7 Å². The van der Waals surface area contributed by atoms with Crippen molar-refractivity contribution in [3.05, 3.63) is 58.7 Å². The zero-order chi connectivity index (χ0) is 50.5. The Morgan fingerprint density at radius 3 is 1.41 bits per heavy atom. The number of rotatable bonds is 10. The smallest absolute Gasteiger partial charge is 0.425 e. The molecule has 4 aliphatic heterocycles. The molecule has 0 spiro atoms. The monoisotopic (exact) mass is 992 g/mol. The lowest BCUT2D eigenvalue weighted by molar-refractivity contribution is -0.200. The number of aliphatic carboxylic acids is 1. The van der Waals surface area contributed by atoms with Crippen LogP contribution in [0.4, 0.5) is 73.6 Å². The Kier molecular flexibility index (Phi) is 17.1. The summed E-state index contributed by atoms with van der Waals surface area (Å²) >= 11 is 0. The number of Topliss-reactive ketones (excluding diaryl/α,β-unsaturated/α-hetero) is 1. The van der Waals surface area contributed by atoms with Crippen molar-refractivity contribution in [2.45, 2.75) is 96.1 Å². The van der Waals surface area contributed by atoms with Gasteiger partial charge in [0.15, 0.2) is 18.0 Å². The minimum absolute atomic E-state index is 0.0711. The van der Waals surface area contributed by atoms with E-state index in [1.165, 1.54) is 6.92 Å². The summed E-state index contributed by atoms with van der Waals surface area (Å²) in [4.78, 5) is 56.3. The van der Waals surface area contributed by atoms with Crippen molar-refractivity contribution in [1.29, 1.82) is 0 Å². The minimum Gasteiger partial charge on any atom is -0.481 e. The van der Waals surface area contributed by atoms with Crippen molar-refractivity contribution in [2.75, 3.05) is 81.8 Å². The predicted octanol–water partition coefficient (Wildman–Crippen LogP) is 8.29. The molecule has 4 heterocycles. The third-order valence-electron chi connectivity index (χ3n) is 12.1. The molecule has 2 amide bonds. The number of hydrogen-bond acceptors (Lipinski definition) is 10. The number of nitrogens with zero attached hydrogens (tertiary/aromatic N) is 6. The van der Waals surface area contributed by atoms with Gasteiger partial charge in [-0.1, -0.05) is 0 Å². The fourth-order valence-electron chi connectivity index (χ4n) is 8.18. The average molecular weight is 993 g/mol. The molecule has 0 aliphatic carbocycles. The summed E-state index contributed by atoms with van der Waals surface area (Å²) < 4.78 is 166. The Morgan fingerprint density at radius 1 is 0.603 bits per heavy atom. The van der Waals surface area contributed by atoms with Gasteiger partial charge in [0.25, 0.3) is 0 Å². The zero-order valence-corrected chi connectivity index (χ0v) is 37.2. The highest BCUT2D eigenvalue weighted by Gasteiger charge is 2.42. The number of benzene rings is 2. The fraction of sp³-hybridized carbons (Fsp3) is 0.628. The molecule has 380 valence electrons. The SMILES string of the molecule is CC(=O)C1CCCN1c1cc(CN2CCN(C(=O)OC(C)C(F)(F)F)CC2)cc(C(F)(F)F)c1.CC(OC(=O)N1CCN(Cc2cc(N3CCC(C(=O)O)C3)cc(C(F)(F)F)c2)CC1)C(F)(F)F. The van der Waals surface area contributed by atoms with E-state index < -0.39 is 78.2 Å². The number of piperazine rings is 2. The number of ether oxygens (including phenoxy) is 2. The standard InChI is InChI=1S/C22H27F6N3O3.C21H25F6N3O4/c1-14(32)19-4-3-5-31(19)18-11-16(10-17(12-18)22(26,27)28)13-29-6-8-30(9-7-29)20(33)34-15(2)21(23,24)25;1-13(20(22,23)24)34-19(33)29-6-4-28(5-7-29)11-14-8-16(21(25,26)27)10-17(9-14)30-3-2-15(12-30)18(31)32/h10-12,15,19H,3-9,13H2,1-2H3;8-10,13,15H,2-7,11-12H2,1H3,(H,31,32). The van der Waals surface area contributed by atoms with Gasteiger partial charge in [-0.05, 0) is 87.6 Å². The number of hydrogen-bond donors (Lipinski definition) is 1. The third-order valence-corrected chi connectivity index (χ3v) is 12.1. The van der Waals surface area contributed by atoms with Gasteiger partial charge in [-0.25, -0.2) is 9.59 Å². The van der Waals surface area contributed by atoms with Gasteiger partial charge in [0.1, 0.15) is 0 Å². The lowest BCUT2D eigenvalue weighted by Gasteiger charge is -2.35. The summed E-state index contributed by atoms with van der Waals surface area (Å²) in [6.45, 7) is 5.48. The maximum atomic E-state index is 13.6. The number of ketones is 1. The minimum atomic E-state index is -4.67. The molecular formula is C43H52F12N6O7. The first kappa shape index (κ1) is 53.8. The van der Waals surface area contributed by atoms with E-state index in [1.807, 2.05) is 4.90 Å². The summed E-state index contributed by atoms with van der Waals surface area (Å²) in [6.07, 6.45) is -23.5. The first-order chi connectivity index (χ1) is 31.5. The number of amides is 2.